The van der Waals surface area contributed by atoms with Crippen LogP contribution in [0.5, 0.6) is 0 Å². The summed E-state index contributed by atoms with van der Waals surface area (Å²) in [4.78, 5) is 4.71. The molecule has 8 aromatic carbocycles. The van der Waals surface area contributed by atoms with Gasteiger partial charge in [0.1, 0.15) is 0 Å². The van der Waals surface area contributed by atoms with Crippen LogP contribution in [0.4, 0.5) is 11.4 Å². The SMILES string of the molecule is NCc1ccc(-c2c(Cl)ccc(Sc3ccc(Cl)c(-c4ccc(CN)cc4Cl)c3Cl)c2Cl)c(Cl)c1.Nc1cc(Cl)c(Cl)cc1Sc1ccc(Cl)cc1Cl.Nc1cc(Cl)c(Sc2ccc(Cl)cc2Cl)c(Cl)c1. The van der Waals surface area contributed by atoms with E-state index in [0.717, 1.165) is 51.6 Å². The van der Waals surface area contributed by atoms with Crippen LogP contribution in [0, 0.1) is 0 Å². The smallest absolute Gasteiger partial charge is 0.0639 e. The Morgan fingerprint density at radius 2 is 0.732 bits per heavy atom. The molecule has 0 saturated heterocycles. The van der Waals surface area contributed by atoms with Crippen LogP contribution in [0.2, 0.25) is 70.3 Å². The summed E-state index contributed by atoms with van der Waals surface area (Å²) in [6.07, 6.45) is 0. The molecule has 0 radical (unpaired) electrons. The maximum absolute atomic E-state index is 6.85. The molecule has 4 nitrogen and oxygen atoms in total. The van der Waals surface area contributed by atoms with Crippen molar-refractivity contribution in [1.29, 1.82) is 0 Å². The zero-order valence-electron chi connectivity index (χ0n) is 35.8. The van der Waals surface area contributed by atoms with Gasteiger partial charge in [0.2, 0.25) is 0 Å². The Kier molecular flexibility index (Phi) is 22.2. The standard InChI is InChI=1S/C26H18Cl6N2S.2C12H7Cl4NS/c27-17-5-7-21(25(31)23(17)15-3-1-13(11-33)9-19(15)29)35-22-8-6-18(28)24(26(22)32)16-4-2-14(12-34)10-20(16)30;13-6-1-2-11(9(16)3-6)18-12-5-8(15)7(14)4-10(12)17;13-6-1-2-11(8(14)3-6)18-12-9(15)4-7(17)5-10(12)16/h1-10H,11-12,33-34H2;2*1-5H,17H2. The van der Waals surface area contributed by atoms with Gasteiger partial charge < -0.3 is 22.9 Å². The fraction of sp³-hybridized carbons (Fsp3) is 0.0400. The van der Waals surface area contributed by atoms with Crippen molar-refractivity contribution in [2.75, 3.05) is 11.5 Å². The molecule has 0 aliphatic carbocycles. The predicted octanol–water partition coefficient (Wildman–Crippen LogP) is 22.1. The van der Waals surface area contributed by atoms with Crippen molar-refractivity contribution >= 4 is 209 Å². The topological polar surface area (TPSA) is 104 Å². The average Bonchev–Trinajstić information content (AvgIpc) is 3.31. The summed E-state index contributed by atoms with van der Waals surface area (Å²) in [6.45, 7) is 0.765. The molecule has 0 spiro atoms. The molecule has 0 heterocycles. The van der Waals surface area contributed by atoms with Crippen molar-refractivity contribution in [2.45, 2.75) is 42.5 Å². The van der Waals surface area contributed by atoms with Gasteiger partial charge in [-0.15, -0.1) is 0 Å². The summed E-state index contributed by atoms with van der Waals surface area (Å²) in [6, 6.07) is 35.6. The third-order valence-corrected chi connectivity index (χ3v) is 18.3. The first kappa shape index (κ1) is 58.6. The monoisotopic (exact) mass is 1270 g/mol. The summed E-state index contributed by atoms with van der Waals surface area (Å²) >= 11 is 92.0. The van der Waals surface area contributed by atoms with Gasteiger partial charge in [-0.25, -0.2) is 0 Å². The van der Waals surface area contributed by atoms with Gasteiger partial charge in [-0.05, 0) is 108 Å². The van der Waals surface area contributed by atoms with Gasteiger partial charge in [-0.2, -0.15) is 0 Å². The Balaban J connectivity index is 0.000000192. The third kappa shape index (κ3) is 15.3. The molecular weight excluding hydrogens is 1250 g/mol. The second kappa shape index (κ2) is 26.9. The highest BCUT2D eigenvalue weighted by atomic mass is 35.5. The number of hydrogen-bond acceptors (Lipinski definition) is 7. The lowest BCUT2D eigenvalue weighted by Gasteiger charge is -2.16. The van der Waals surface area contributed by atoms with Gasteiger partial charge in [0.05, 0.1) is 50.2 Å². The van der Waals surface area contributed by atoms with Crippen LogP contribution in [0.15, 0.2) is 151 Å². The highest BCUT2D eigenvalue weighted by Gasteiger charge is 2.21. The minimum Gasteiger partial charge on any atom is -0.399 e. The van der Waals surface area contributed by atoms with Crippen molar-refractivity contribution in [3.05, 3.63) is 203 Å². The summed E-state index contributed by atoms with van der Waals surface area (Å²) in [7, 11) is 0. The molecule has 368 valence electrons. The molecule has 8 rings (SSSR count). The van der Waals surface area contributed by atoms with Gasteiger partial charge in [-0.3, -0.25) is 0 Å². The van der Waals surface area contributed by atoms with Gasteiger partial charge >= 0.3 is 0 Å². The molecule has 0 amide bonds. The molecule has 0 fully saturated rings. The molecule has 8 aromatic rings. The van der Waals surface area contributed by atoms with Gasteiger partial charge in [0.15, 0.2) is 0 Å². The van der Waals surface area contributed by atoms with Crippen molar-refractivity contribution in [3.63, 3.8) is 0 Å². The summed E-state index contributed by atoms with van der Waals surface area (Å²) < 4.78 is 0. The summed E-state index contributed by atoms with van der Waals surface area (Å²) in [5, 5.41) is 7.09. The van der Waals surface area contributed by atoms with E-state index in [1.807, 2.05) is 60.7 Å². The van der Waals surface area contributed by atoms with E-state index in [9.17, 15) is 0 Å². The van der Waals surface area contributed by atoms with E-state index in [0.29, 0.717) is 106 Å². The zero-order valence-corrected chi connectivity index (χ0v) is 48.8. The summed E-state index contributed by atoms with van der Waals surface area (Å²) in [5.41, 5.74) is 28.6. The van der Waals surface area contributed by atoms with Crippen LogP contribution >= 0.6 is 198 Å². The Morgan fingerprint density at radius 1 is 0.324 bits per heavy atom. The molecule has 21 heteroatoms. The van der Waals surface area contributed by atoms with Gasteiger partial charge in [0.25, 0.3) is 0 Å². The largest absolute Gasteiger partial charge is 0.399 e. The van der Waals surface area contributed by atoms with E-state index < -0.39 is 0 Å². The number of benzene rings is 8. The van der Waals surface area contributed by atoms with E-state index in [4.69, 9.17) is 185 Å². The minimum absolute atomic E-state index is 0.383. The van der Waals surface area contributed by atoms with Crippen LogP contribution in [0.25, 0.3) is 22.3 Å². The maximum atomic E-state index is 6.85. The fourth-order valence-corrected chi connectivity index (χ4v) is 13.0. The maximum Gasteiger partial charge on any atom is 0.0639 e. The van der Waals surface area contributed by atoms with Crippen molar-refractivity contribution in [1.82, 2.24) is 0 Å². The number of anilines is 2. The molecular formula is C50H32Cl14N4S3. The van der Waals surface area contributed by atoms with Crippen LogP contribution in [0.3, 0.4) is 0 Å². The molecule has 0 atom stereocenters. The quantitative estimate of drug-likeness (QED) is 0.101. The molecule has 0 aromatic heterocycles. The number of nitrogen functional groups attached to an aromatic ring is 2. The van der Waals surface area contributed by atoms with E-state index in [1.165, 1.54) is 35.3 Å². The normalized spacial score (nSPS) is 10.9. The molecule has 0 aliphatic heterocycles. The van der Waals surface area contributed by atoms with Crippen molar-refractivity contribution < 1.29 is 0 Å². The van der Waals surface area contributed by atoms with E-state index in [-0.39, 0.29) is 0 Å². The lowest BCUT2D eigenvalue weighted by molar-refractivity contribution is 1.07. The van der Waals surface area contributed by atoms with Gasteiger partial charge in [0, 0.05) is 96.2 Å². The van der Waals surface area contributed by atoms with Crippen LogP contribution in [-0.2, 0) is 13.1 Å². The number of nitrogens with two attached hydrogens (primary N) is 4. The number of hydrogen-bond donors (Lipinski definition) is 4. The molecule has 0 saturated carbocycles. The molecule has 0 aliphatic rings. The molecule has 8 N–H and O–H groups in total. The fourth-order valence-electron chi connectivity index (χ4n) is 6.27. The first-order valence-electron chi connectivity index (χ1n) is 20.1. The minimum atomic E-state index is 0.383. The molecule has 0 bridgehead atoms. The Morgan fingerprint density at radius 3 is 1.15 bits per heavy atom. The first-order valence-corrected chi connectivity index (χ1v) is 27.8. The Bertz CT molecular complexity index is 3140. The zero-order chi connectivity index (χ0) is 51.8. The van der Waals surface area contributed by atoms with E-state index in [2.05, 4.69) is 0 Å². The predicted molar refractivity (Wildman–Crippen MR) is 317 cm³/mol. The van der Waals surface area contributed by atoms with E-state index in [1.54, 1.807) is 60.7 Å². The molecule has 71 heavy (non-hydrogen) atoms. The highest BCUT2D eigenvalue weighted by Crippen LogP contribution is 2.50. The van der Waals surface area contributed by atoms with Crippen molar-refractivity contribution in [2.24, 2.45) is 11.5 Å². The van der Waals surface area contributed by atoms with E-state index >= 15 is 0 Å². The summed E-state index contributed by atoms with van der Waals surface area (Å²) in [5.74, 6) is 0. The van der Waals surface area contributed by atoms with Crippen LogP contribution < -0.4 is 22.9 Å². The Hall–Kier alpha value is -1.61. The Labute approximate surface area is 494 Å². The molecule has 0 unspecified atom stereocenters. The lowest BCUT2D eigenvalue weighted by Crippen LogP contribution is -1.96. The third-order valence-electron chi connectivity index (χ3n) is 9.70. The highest BCUT2D eigenvalue weighted by molar-refractivity contribution is 8.00. The lowest BCUT2D eigenvalue weighted by atomic mass is 10.0. The van der Waals surface area contributed by atoms with Crippen LogP contribution in [-0.4, -0.2) is 0 Å². The first-order chi connectivity index (χ1) is 33.7. The van der Waals surface area contributed by atoms with Gasteiger partial charge in [-0.1, -0.05) is 222 Å². The average molecular weight is 1280 g/mol. The van der Waals surface area contributed by atoms with Crippen LogP contribution in [0.1, 0.15) is 11.1 Å². The second-order valence-electron chi connectivity index (χ2n) is 14.6. The second-order valence-corrected chi connectivity index (χ2v) is 23.5. The number of rotatable bonds is 10. The van der Waals surface area contributed by atoms with Crippen molar-refractivity contribution in [3.8, 4) is 22.3 Å². The number of halogens is 14.